The van der Waals surface area contributed by atoms with Crippen LogP contribution in [0.5, 0.6) is 0 Å². The molecule has 1 aliphatic carbocycles. The number of alkyl carbamates (subject to hydrolysis) is 1. The molecule has 8 heteroatoms. The topological polar surface area (TPSA) is 108 Å². The van der Waals surface area contributed by atoms with Crippen LogP contribution in [0.4, 0.5) is 4.79 Å². The number of hydrogen-bond acceptors (Lipinski definition) is 5. The Labute approximate surface area is 202 Å². The number of nitrogens with one attached hydrogen (secondary N) is 2. The van der Waals surface area contributed by atoms with Gasteiger partial charge < -0.3 is 20.5 Å². The molecule has 0 aromatic heterocycles. The Morgan fingerprint density at radius 2 is 1.76 bits per heavy atom. The number of ether oxygens (including phenoxy) is 1. The molecule has 186 valence electrons. The van der Waals surface area contributed by atoms with Gasteiger partial charge in [-0.05, 0) is 64.2 Å². The van der Waals surface area contributed by atoms with Crippen molar-refractivity contribution in [2.75, 3.05) is 6.61 Å². The van der Waals surface area contributed by atoms with E-state index in [1.807, 2.05) is 32.0 Å². The number of hydrogen-bond donors (Lipinski definition) is 3. The predicted octanol–water partition coefficient (Wildman–Crippen LogP) is 3.10. The summed E-state index contributed by atoms with van der Waals surface area (Å²) in [7, 11) is 0. The molecule has 2 atom stereocenters. The Balaban J connectivity index is 2.39. The normalized spacial score (nSPS) is 16.0. The summed E-state index contributed by atoms with van der Waals surface area (Å²) < 4.78 is 5.20. The Hall–Kier alpha value is -3.05. The third-order valence-corrected chi connectivity index (χ3v) is 5.82. The first-order valence-corrected chi connectivity index (χ1v) is 11.7. The minimum absolute atomic E-state index is 0.0105. The molecule has 0 saturated heterocycles. The van der Waals surface area contributed by atoms with Crippen LogP contribution in [0.1, 0.15) is 75.6 Å². The van der Waals surface area contributed by atoms with Crippen LogP contribution in [0.15, 0.2) is 18.2 Å². The van der Waals surface area contributed by atoms with E-state index in [-0.39, 0.29) is 11.9 Å². The summed E-state index contributed by atoms with van der Waals surface area (Å²) in [6.45, 7) is 8.05. The van der Waals surface area contributed by atoms with Crippen LogP contribution in [0, 0.1) is 26.3 Å². The van der Waals surface area contributed by atoms with Gasteiger partial charge in [0.05, 0.1) is 6.61 Å². The number of rotatable bonds is 7. The van der Waals surface area contributed by atoms with Crippen molar-refractivity contribution in [2.24, 2.45) is 0 Å². The quantitative estimate of drug-likeness (QED) is 0.418. The van der Waals surface area contributed by atoms with Gasteiger partial charge in [0.15, 0.2) is 0 Å². The molecule has 0 bridgehead atoms. The van der Waals surface area contributed by atoms with Crippen molar-refractivity contribution < 1.29 is 24.2 Å². The van der Waals surface area contributed by atoms with Crippen molar-refractivity contribution in [2.45, 2.75) is 90.4 Å². The van der Waals surface area contributed by atoms with E-state index in [0.29, 0.717) is 5.56 Å². The van der Waals surface area contributed by atoms with Crippen molar-refractivity contribution in [3.05, 3.63) is 34.9 Å². The highest BCUT2D eigenvalue weighted by molar-refractivity contribution is 5.93. The molecule has 2 unspecified atom stereocenters. The van der Waals surface area contributed by atoms with Gasteiger partial charge in [0.25, 0.3) is 5.91 Å². The molecule has 8 nitrogen and oxygen atoms in total. The molecular formula is C26H37N3O5. The maximum atomic E-state index is 13.6. The van der Waals surface area contributed by atoms with E-state index in [0.717, 1.165) is 48.1 Å². The zero-order valence-corrected chi connectivity index (χ0v) is 20.8. The molecule has 3 amide bonds. The number of aryl methyl sites for hydroxylation is 2. The number of carbonyl (C=O) groups is 3. The van der Waals surface area contributed by atoms with Crippen molar-refractivity contribution in [3.63, 3.8) is 0 Å². The summed E-state index contributed by atoms with van der Waals surface area (Å²) in [5.41, 5.74) is 1.44. The van der Waals surface area contributed by atoms with Crippen LogP contribution < -0.4 is 10.6 Å². The molecule has 1 saturated carbocycles. The predicted molar refractivity (Wildman–Crippen MR) is 130 cm³/mol. The Kier molecular flexibility index (Phi) is 9.51. The number of amides is 3. The second-order valence-corrected chi connectivity index (χ2v) is 9.77. The van der Waals surface area contributed by atoms with Crippen LogP contribution in [0.3, 0.4) is 0 Å². The Morgan fingerprint density at radius 1 is 1.18 bits per heavy atom. The second-order valence-electron chi connectivity index (χ2n) is 9.77. The minimum atomic E-state index is -1.37. The van der Waals surface area contributed by atoms with Gasteiger partial charge in [-0.1, -0.05) is 43.9 Å². The minimum Gasteiger partial charge on any atom is -0.444 e. The Bertz CT molecular complexity index is 905. The van der Waals surface area contributed by atoms with Gasteiger partial charge in [0.1, 0.15) is 17.7 Å². The van der Waals surface area contributed by atoms with E-state index in [9.17, 15) is 19.5 Å². The fourth-order valence-electron chi connectivity index (χ4n) is 4.23. The molecule has 0 radical (unpaired) electrons. The SMILES string of the molecule is C#CN(C(=O)C(CO)NC(=O)OC(C)(C)C)C(C(=O)NC1CCCCC1)c1c(C)cccc1C. The van der Waals surface area contributed by atoms with Gasteiger partial charge >= 0.3 is 6.09 Å². The van der Waals surface area contributed by atoms with Gasteiger partial charge in [-0.25, -0.2) is 4.79 Å². The monoisotopic (exact) mass is 471 g/mol. The summed E-state index contributed by atoms with van der Waals surface area (Å²) >= 11 is 0. The van der Waals surface area contributed by atoms with Crippen molar-refractivity contribution in [3.8, 4) is 12.5 Å². The molecule has 34 heavy (non-hydrogen) atoms. The van der Waals surface area contributed by atoms with Gasteiger partial charge in [0.2, 0.25) is 5.91 Å². The Morgan fingerprint density at radius 3 is 2.26 bits per heavy atom. The summed E-state index contributed by atoms with van der Waals surface area (Å²) in [5.74, 6) is -1.16. The number of aliphatic hydroxyl groups excluding tert-OH is 1. The van der Waals surface area contributed by atoms with Gasteiger partial charge in [-0.3, -0.25) is 14.5 Å². The van der Waals surface area contributed by atoms with E-state index in [1.54, 1.807) is 20.8 Å². The molecule has 0 aliphatic heterocycles. The fraction of sp³-hybridized carbons (Fsp3) is 0.577. The van der Waals surface area contributed by atoms with Crippen LogP contribution in [-0.2, 0) is 14.3 Å². The van der Waals surface area contributed by atoms with Gasteiger partial charge in [-0.15, -0.1) is 0 Å². The molecule has 1 aromatic carbocycles. The molecular weight excluding hydrogens is 434 g/mol. The number of nitrogens with zero attached hydrogens (tertiary/aromatic N) is 1. The second kappa shape index (κ2) is 11.9. The average Bonchev–Trinajstić information content (AvgIpc) is 2.75. The van der Waals surface area contributed by atoms with Gasteiger partial charge in [-0.2, -0.15) is 0 Å². The lowest BCUT2D eigenvalue weighted by Crippen LogP contribution is -2.53. The van der Waals surface area contributed by atoms with E-state index < -0.39 is 36.3 Å². The molecule has 1 aromatic rings. The van der Waals surface area contributed by atoms with Crippen LogP contribution in [-0.4, -0.2) is 52.2 Å². The smallest absolute Gasteiger partial charge is 0.408 e. The van der Waals surface area contributed by atoms with Crippen LogP contribution >= 0.6 is 0 Å². The molecule has 2 rings (SSSR count). The molecule has 3 N–H and O–H groups in total. The summed E-state index contributed by atoms with van der Waals surface area (Å²) in [5, 5.41) is 15.3. The van der Waals surface area contributed by atoms with Crippen molar-refractivity contribution in [1.29, 1.82) is 0 Å². The third kappa shape index (κ3) is 7.22. The molecule has 1 aliphatic rings. The van der Waals surface area contributed by atoms with E-state index in [2.05, 4.69) is 16.7 Å². The summed E-state index contributed by atoms with van der Waals surface area (Å²) in [6, 6.07) is 5.42. The lowest BCUT2D eigenvalue weighted by molar-refractivity contribution is -0.139. The zero-order valence-electron chi connectivity index (χ0n) is 20.8. The number of carbonyl (C=O) groups excluding carboxylic acids is 3. The fourth-order valence-corrected chi connectivity index (χ4v) is 4.23. The highest BCUT2D eigenvalue weighted by Gasteiger charge is 2.37. The number of aliphatic hydroxyl groups is 1. The first kappa shape index (κ1) is 27.2. The zero-order chi connectivity index (χ0) is 25.5. The van der Waals surface area contributed by atoms with E-state index in [1.165, 1.54) is 0 Å². The first-order chi connectivity index (χ1) is 16.0. The van der Waals surface area contributed by atoms with E-state index >= 15 is 0 Å². The average molecular weight is 472 g/mol. The molecule has 0 spiro atoms. The number of terminal acetylenes is 1. The largest absolute Gasteiger partial charge is 0.444 e. The maximum absolute atomic E-state index is 13.6. The van der Waals surface area contributed by atoms with Crippen molar-refractivity contribution >= 4 is 17.9 Å². The van der Waals surface area contributed by atoms with E-state index in [4.69, 9.17) is 11.2 Å². The number of benzene rings is 1. The first-order valence-electron chi connectivity index (χ1n) is 11.7. The third-order valence-electron chi connectivity index (χ3n) is 5.82. The summed E-state index contributed by atoms with van der Waals surface area (Å²) in [4.78, 5) is 40.2. The lowest BCUT2D eigenvalue weighted by Gasteiger charge is -2.33. The maximum Gasteiger partial charge on any atom is 0.408 e. The van der Waals surface area contributed by atoms with Crippen molar-refractivity contribution in [1.82, 2.24) is 15.5 Å². The van der Waals surface area contributed by atoms with Crippen LogP contribution in [0.2, 0.25) is 0 Å². The standard InChI is InChI=1S/C26H37N3O5/c1-7-29(24(32)20(16-30)28-25(33)34-26(4,5)6)22(21-17(2)12-11-13-18(21)3)23(31)27-19-14-9-8-10-15-19/h1,11-13,19-20,22,30H,8-10,14-16H2,2-6H3,(H,27,31)(H,28,33). The van der Waals surface area contributed by atoms with Crippen LogP contribution in [0.25, 0.3) is 0 Å². The summed E-state index contributed by atoms with van der Waals surface area (Å²) in [6.07, 6.45) is 9.83. The molecule has 1 fully saturated rings. The highest BCUT2D eigenvalue weighted by Crippen LogP contribution is 2.29. The lowest BCUT2D eigenvalue weighted by atomic mass is 9.92. The van der Waals surface area contributed by atoms with Gasteiger partial charge in [0, 0.05) is 12.1 Å². The molecule has 0 heterocycles. The highest BCUT2D eigenvalue weighted by atomic mass is 16.6.